The summed E-state index contributed by atoms with van der Waals surface area (Å²) in [6.07, 6.45) is -1.34. The number of ether oxygens (including phenoxy) is 1. The van der Waals surface area contributed by atoms with Gasteiger partial charge in [0.25, 0.3) is 5.89 Å². The van der Waals surface area contributed by atoms with Gasteiger partial charge < -0.3 is 9.15 Å². The fraction of sp³-hybridized carbons (Fsp3) is 0.143. The van der Waals surface area contributed by atoms with Crippen LogP contribution < -0.4 is 4.74 Å². The van der Waals surface area contributed by atoms with Crippen LogP contribution in [0.1, 0.15) is 34.3 Å². The second-order valence-corrected chi connectivity index (χ2v) is 7.16. The number of thiazole rings is 1. The van der Waals surface area contributed by atoms with E-state index in [1.807, 2.05) is 36.6 Å². The SMILES string of the molecule is Cc1nc(C#Cc2cccc(OCc3ccc(-c4nnc(C(F)F)o4)cn3)c2)cs1. The predicted octanol–water partition coefficient (Wildman–Crippen LogP) is 4.81. The molecule has 0 atom stereocenters. The van der Waals surface area contributed by atoms with E-state index in [-0.39, 0.29) is 12.5 Å². The van der Waals surface area contributed by atoms with Gasteiger partial charge in [-0.25, -0.2) is 4.98 Å². The van der Waals surface area contributed by atoms with E-state index in [2.05, 4.69) is 32.0 Å². The molecular formula is C21H14F2N4O2S. The number of benzene rings is 1. The maximum absolute atomic E-state index is 12.5. The van der Waals surface area contributed by atoms with Gasteiger partial charge in [0.2, 0.25) is 5.89 Å². The molecule has 30 heavy (non-hydrogen) atoms. The molecule has 0 unspecified atom stereocenters. The van der Waals surface area contributed by atoms with Gasteiger partial charge in [-0.15, -0.1) is 21.5 Å². The summed E-state index contributed by atoms with van der Waals surface area (Å²) in [4.78, 5) is 8.57. The molecule has 0 N–H and O–H groups in total. The fourth-order valence-electron chi connectivity index (χ4n) is 2.45. The first-order valence-corrected chi connectivity index (χ1v) is 9.68. The quantitative estimate of drug-likeness (QED) is 0.428. The normalized spacial score (nSPS) is 10.7. The minimum atomic E-state index is -2.81. The predicted molar refractivity (Wildman–Crippen MR) is 106 cm³/mol. The summed E-state index contributed by atoms with van der Waals surface area (Å²) in [6, 6.07) is 10.8. The molecule has 0 fully saturated rings. The Bertz CT molecular complexity index is 1210. The Morgan fingerprint density at radius 2 is 2.07 bits per heavy atom. The van der Waals surface area contributed by atoms with Gasteiger partial charge in [0, 0.05) is 17.1 Å². The molecule has 0 bridgehead atoms. The van der Waals surface area contributed by atoms with Crippen molar-refractivity contribution in [2.75, 3.05) is 0 Å². The van der Waals surface area contributed by atoms with Gasteiger partial charge >= 0.3 is 6.43 Å². The molecular weight excluding hydrogens is 410 g/mol. The number of hydrogen-bond donors (Lipinski definition) is 0. The zero-order chi connectivity index (χ0) is 20.9. The van der Waals surface area contributed by atoms with Crippen molar-refractivity contribution in [2.45, 2.75) is 20.0 Å². The molecule has 4 aromatic rings. The van der Waals surface area contributed by atoms with Crippen LogP contribution in [0.3, 0.4) is 0 Å². The molecule has 150 valence electrons. The lowest BCUT2D eigenvalue weighted by atomic mass is 10.2. The molecule has 9 heteroatoms. The van der Waals surface area contributed by atoms with Crippen LogP contribution in [0.4, 0.5) is 8.78 Å². The average molecular weight is 424 g/mol. The zero-order valence-electron chi connectivity index (χ0n) is 15.7. The van der Waals surface area contributed by atoms with Crippen molar-refractivity contribution in [1.82, 2.24) is 20.2 Å². The summed E-state index contributed by atoms with van der Waals surface area (Å²) >= 11 is 1.56. The third-order valence-corrected chi connectivity index (χ3v) is 4.65. The Balaban J connectivity index is 1.39. The van der Waals surface area contributed by atoms with E-state index in [0.29, 0.717) is 17.0 Å². The smallest absolute Gasteiger partial charge is 0.314 e. The highest BCUT2D eigenvalue weighted by Crippen LogP contribution is 2.23. The Labute approximate surface area is 174 Å². The average Bonchev–Trinajstić information content (AvgIpc) is 3.41. The molecule has 0 radical (unpaired) electrons. The van der Waals surface area contributed by atoms with Crippen LogP contribution in [0.2, 0.25) is 0 Å². The Morgan fingerprint density at radius 1 is 1.17 bits per heavy atom. The van der Waals surface area contributed by atoms with E-state index in [4.69, 9.17) is 9.15 Å². The first-order chi connectivity index (χ1) is 14.6. The maximum Gasteiger partial charge on any atom is 0.314 e. The van der Waals surface area contributed by atoms with Gasteiger partial charge in [-0.3, -0.25) is 4.98 Å². The fourth-order valence-corrected chi connectivity index (χ4v) is 3.00. The van der Waals surface area contributed by atoms with E-state index in [9.17, 15) is 8.78 Å². The van der Waals surface area contributed by atoms with Gasteiger partial charge in [0.05, 0.1) is 16.3 Å². The number of halogens is 2. The number of aromatic nitrogens is 4. The summed E-state index contributed by atoms with van der Waals surface area (Å²) in [6.45, 7) is 2.17. The third-order valence-electron chi connectivity index (χ3n) is 3.87. The molecule has 6 nitrogen and oxygen atoms in total. The lowest BCUT2D eigenvalue weighted by Gasteiger charge is -2.06. The number of pyridine rings is 1. The molecule has 0 amide bonds. The van der Waals surface area contributed by atoms with Crippen LogP contribution >= 0.6 is 11.3 Å². The molecule has 0 saturated heterocycles. The van der Waals surface area contributed by atoms with Crippen LogP contribution in [-0.2, 0) is 6.61 Å². The Kier molecular flexibility index (Phi) is 5.77. The second-order valence-electron chi connectivity index (χ2n) is 6.10. The minimum Gasteiger partial charge on any atom is -0.487 e. The van der Waals surface area contributed by atoms with Crippen molar-refractivity contribution in [3.63, 3.8) is 0 Å². The molecule has 1 aromatic carbocycles. The van der Waals surface area contributed by atoms with Gasteiger partial charge in [-0.05, 0) is 43.2 Å². The third kappa shape index (κ3) is 4.85. The first-order valence-electron chi connectivity index (χ1n) is 8.81. The van der Waals surface area contributed by atoms with Crippen LogP contribution in [-0.4, -0.2) is 20.2 Å². The standard InChI is InChI=1S/C21H14F2N4O2S/c1-13-25-17(12-30-13)7-5-14-3-2-4-18(9-14)28-11-16-8-6-15(10-24-16)20-26-27-21(29-20)19(22)23/h2-4,6,8-10,12,19H,11H2,1H3. The van der Waals surface area contributed by atoms with Gasteiger partial charge in [0.1, 0.15) is 18.1 Å². The van der Waals surface area contributed by atoms with Crippen LogP contribution in [0.15, 0.2) is 52.4 Å². The van der Waals surface area contributed by atoms with E-state index in [0.717, 1.165) is 16.3 Å². The number of nitrogens with zero attached hydrogens (tertiary/aromatic N) is 4. The lowest BCUT2D eigenvalue weighted by Crippen LogP contribution is -1.98. The number of hydrogen-bond acceptors (Lipinski definition) is 7. The summed E-state index contributed by atoms with van der Waals surface area (Å²) in [5, 5.41) is 9.79. The summed E-state index contributed by atoms with van der Waals surface area (Å²) in [5.74, 6) is 6.03. The maximum atomic E-state index is 12.5. The summed E-state index contributed by atoms with van der Waals surface area (Å²) < 4.78 is 35.8. The molecule has 0 aliphatic rings. The van der Waals surface area contributed by atoms with Crippen molar-refractivity contribution in [2.24, 2.45) is 0 Å². The minimum absolute atomic E-state index is 0.00755. The van der Waals surface area contributed by atoms with Crippen LogP contribution in [0.25, 0.3) is 11.5 Å². The molecule has 4 rings (SSSR count). The highest BCUT2D eigenvalue weighted by molar-refractivity contribution is 7.09. The Hall–Kier alpha value is -3.64. The van der Waals surface area contributed by atoms with Crippen LogP contribution in [0, 0.1) is 18.8 Å². The first kappa shape index (κ1) is 19.7. The topological polar surface area (TPSA) is 73.9 Å². The zero-order valence-corrected chi connectivity index (χ0v) is 16.5. The van der Waals surface area contributed by atoms with Gasteiger partial charge in [-0.2, -0.15) is 8.78 Å². The summed E-state index contributed by atoms with van der Waals surface area (Å²) in [7, 11) is 0. The van der Waals surface area contributed by atoms with Crippen molar-refractivity contribution < 1.29 is 17.9 Å². The number of aryl methyl sites for hydroxylation is 1. The van der Waals surface area contributed by atoms with Gasteiger partial charge in [-0.1, -0.05) is 12.0 Å². The molecule has 3 heterocycles. The van der Waals surface area contributed by atoms with E-state index < -0.39 is 12.3 Å². The van der Waals surface area contributed by atoms with Crippen molar-refractivity contribution in [3.05, 3.63) is 75.8 Å². The van der Waals surface area contributed by atoms with Crippen molar-refractivity contribution in [1.29, 1.82) is 0 Å². The monoisotopic (exact) mass is 424 g/mol. The second kappa shape index (κ2) is 8.80. The highest BCUT2D eigenvalue weighted by Gasteiger charge is 2.17. The van der Waals surface area contributed by atoms with Crippen molar-refractivity contribution >= 4 is 11.3 Å². The van der Waals surface area contributed by atoms with Gasteiger partial charge in [0.15, 0.2) is 0 Å². The molecule has 0 aliphatic carbocycles. The molecule has 0 aliphatic heterocycles. The largest absolute Gasteiger partial charge is 0.487 e. The van der Waals surface area contributed by atoms with E-state index >= 15 is 0 Å². The van der Waals surface area contributed by atoms with Crippen LogP contribution in [0.5, 0.6) is 5.75 Å². The molecule has 0 saturated carbocycles. The summed E-state index contributed by atoms with van der Waals surface area (Å²) in [5.41, 5.74) is 2.66. The van der Waals surface area contributed by atoms with E-state index in [1.165, 1.54) is 6.20 Å². The van der Waals surface area contributed by atoms with Crippen molar-refractivity contribution in [3.8, 4) is 29.0 Å². The number of rotatable bonds is 5. The van der Waals surface area contributed by atoms with E-state index in [1.54, 1.807) is 23.5 Å². The molecule has 0 spiro atoms. The highest BCUT2D eigenvalue weighted by atomic mass is 32.1. The Morgan fingerprint density at radius 3 is 2.77 bits per heavy atom. The lowest BCUT2D eigenvalue weighted by molar-refractivity contribution is 0.116. The molecule has 3 aromatic heterocycles. The number of alkyl halides is 2.